The first-order chi connectivity index (χ1) is 9.81. The molecule has 0 atom stereocenters. The Hall–Kier alpha value is -2.62. The molecule has 0 aliphatic heterocycles. The van der Waals surface area contributed by atoms with Crippen LogP contribution >= 0.6 is 0 Å². The number of anilines is 2. The third kappa shape index (κ3) is 3.28. The molecule has 0 aliphatic carbocycles. The maximum absolute atomic E-state index is 13.2. The van der Waals surface area contributed by atoms with Crippen LogP contribution in [-0.2, 0) is 6.18 Å². The van der Waals surface area contributed by atoms with Crippen LogP contribution < -0.4 is 5.32 Å². The number of hydrogen-bond acceptors (Lipinski definition) is 3. The summed E-state index contributed by atoms with van der Waals surface area (Å²) in [5.74, 6) is -0.656. The van der Waals surface area contributed by atoms with Crippen molar-refractivity contribution in [2.75, 3.05) is 5.32 Å². The number of aryl methyl sites for hydroxylation is 1. The van der Waals surface area contributed by atoms with Crippen molar-refractivity contribution in [2.45, 2.75) is 13.1 Å². The molecule has 0 fully saturated rings. The van der Waals surface area contributed by atoms with Crippen LogP contribution in [0, 0.1) is 24.1 Å². The third-order valence-corrected chi connectivity index (χ3v) is 2.73. The molecular formula is C14H9F4N3. The van der Waals surface area contributed by atoms with E-state index in [1.807, 2.05) is 0 Å². The summed E-state index contributed by atoms with van der Waals surface area (Å²) in [6, 6.07) is 7.47. The molecule has 2 rings (SSSR count). The van der Waals surface area contributed by atoms with Gasteiger partial charge in [0.05, 0.1) is 5.56 Å². The lowest BCUT2D eigenvalue weighted by atomic mass is 10.2. The smallest absolute Gasteiger partial charge is 0.339 e. The van der Waals surface area contributed by atoms with Gasteiger partial charge in [-0.3, -0.25) is 0 Å². The molecule has 0 aliphatic rings. The lowest BCUT2D eigenvalue weighted by Crippen LogP contribution is -2.10. The SMILES string of the molecule is Cc1cc(Nc2nc(C(F)(F)F)ccc2C#N)ccc1F. The molecule has 1 N–H and O–H groups in total. The molecule has 1 aromatic heterocycles. The van der Waals surface area contributed by atoms with Crippen molar-refractivity contribution in [3.8, 4) is 6.07 Å². The van der Waals surface area contributed by atoms with Gasteiger partial charge in [-0.05, 0) is 42.8 Å². The Labute approximate surface area is 117 Å². The van der Waals surface area contributed by atoms with Crippen molar-refractivity contribution < 1.29 is 17.6 Å². The first-order valence-corrected chi connectivity index (χ1v) is 5.83. The molecule has 0 saturated carbocycles. The largest absolute Gasteiger partial charge is 0.433 e. The van der Waals surface area contributed by atoms with Crippen LogP contribution in [0.1, 0.15) is 16.8 Å². The van der Waals surface area contributed by atoms with E-state index in [4.69, 9.17) is 5.26 Å². The van der Waals surface area contributed by atoms with Gasteiger partial charge in [-0.1, -0.05) is 0 Å². The molecule has 7 heteroatoms. The molecule has 0 unspecified atom stereocenters. The summed E-state index contributed by atoms with van der Waals surface area (Å²) < 4.78 is 51.1. The molecular weight excluding hydrogens is 286 g/mol. The fourth-order valence-electron chi connectivity index (χ4n) is 1.66. The Bertz CT molecular complexity index is 717. The van der Waals surface area contributed by atoms with E-state index in [1.54, 1.807) is 6.07 Å². The van der Waals surface area contributed by atoms with Gasteiger partial charge in [0.2, 0.25) is 0 Å². The van der Waals surface area contributed by atoms with Crippen molar-refractivity contribution >= 4 is 11.5 Å². The normalized spacial score (nSPS) is 11.0. The van der Waals surface area contributed by atoms with Crippen LogP contribution in [0.2, 0.25) is 0 Å². The van der Waals surface area contributed by atoms with Crippen molar-refractivity contribution in [1.82, 2.24) is 4.98 Å². The minimum atomic E-state index is -4.61. The molecule has 108 valence electrons. The Morgan fingerprint density at radius 1 is 1.19 bits per heavy atom. The lowest BCUT2D eigenvalue weighted by Gasteiger charge is -2.11. The quantitative estimate of drug-likeness (QED) is 0.846. The Kier molecular flexibility index (Phi) is 3.80. The molecule has 0 bridgehead atoms. The third-order valence-electron chi connectivity index (χ3n) is 2.73. The standard InChI is InChI=1S/C14H9F4N3/c1-8-6-10(3-4-11(8)15)20-13-9(7-19)2-5-12(21-13)14(16,17)18/h2-6H,1H3,(H,20,21). The summed E-state index contributed by atoms with van der Waals surface area (Å²) >= 11 is 0. The van der Waals surface area contributed by atoms with Gasteiger partial charge in [-0.2, -0.15) is 18.4 Å². The van der Waals surface area contributed by atoms with E-state index in [1.165, 1.54) is 25.1 Å². The molecule has 0 spiro atoms. The number of nitrogens with zero attached hydrogens (tertiary/aromatic N) is 2. The van der Waals surface area contributed by atoms with E-state index >= 15 is 0 Å². The number of alkyl halides is 3. The first kappa shape index (κ1) is 14.8. The molecule has 2 aromatic rings. The highest BCUT2D eigenvalue weighted by Gasteiger charge is 2.33. The highest BCUT2D eigenvalue weighted by molar-refractivity contribution is 5.63. The van der Waals surface area contributed by atoms with E-state index in [-0.39, 0.29) is 11.4 Å². The number of rotatable bonds is 2. The molecule has 0 saturated heterocycles. The maximum atomic E-state index is 13.2. The topological polar surface area (TPSA) is 48.7 Å². The second kappa shape index (κ2) is 5.40. The number of benzene rings is 1. The summed E-state index contributed by atoms with van der Waals surface area (Å²) in [5, 5.41) is 11.5. The predicted octanol–water partition coefficient (Wildman–Crippen LogP) is 4.16. The zero-order valence-corrected chi connectivity index (χ0v) is 10.8. The lowest BCUT2D eigenvalue weighted by molar-refractivity contribution is -0.141. The molecule has 0 amide bonds. The molecule has 0 radical (unpaired) electrons. The van der Waals surface area contributed by atoms with Crippen LogP contribution in [-0.4, -0.2) is 4.98 Å². The first-order valence-electron chi connectivity index (χ1n) is 5.83. The van der Waals surface area contributed by atoms with Gasteiger partial charge in [-0.25, -0.2) is 9.37 Å². The van der Waals surface area contributed by atoms with Gasteiger partial charge in [-0.15, -0.1) is 0 Å². The van der Waals surface area contributed by atoms with Crippen molar-refractivity contribution in [1.29, 1.82) is 5.26 Å². The van der Waals surface area contributed by atoms with E-state index in [9.17, 15) is 17.6 Å². The minimum absolute atomic E-state index is 0.0371. The minimum Gasteiger partial charge on any atom is -0.339 e. The molecule has 1 aromatic carbocycles. The highest BCUT2D eigenvalue weighted by atomic mass is 19.4. The molecule has 21 heavy (non-hydrogen) atoms. The van der Waals surface area contributed by atoms with Crippen LogP contribution in [0.4, 0.5) is 29.1 Å². The maximum Gasteiger partial charge on any atom is 0.433 e. The van der Waals surface area contributed by atoms with Gasteiger partial charge >= 0.3 is 6.18 Å². The van der Waals surface area contributed by atoms with Gasteiger partial charge in [0.25, 0.3) is 0 Å². The van der Waals surface area contributed by atoms with Gasteiger partial charge in [0.15, 0.2) is 0 Å². The van der Waals surface area contributed by atoms with Crippen LogP contribution in [0.25, 0.3) is 0 Å². The summed E-state index contributed by atoms with van der Waals surface area (Å²) in [6.45, 7) is 1.52. The van der Waals surface area contributed by atoms with Crippen molar-refractivity contribution in [3.63, 3.8) is 0 Å². The van der Waals surface area contributed by atoms with Crippen molar-refractivity contribution in [3.05, 3.63) is 53.0 Å². The molecule has 3 nitrogen and oxygen atoms in total. The average molecular weight is 295 g/mol. The fraction of sp³-hybridized carbons (Fsp3) is 0.143. The van der Waals surface area contributed by atoms with Gasteiger partial charge in [0.1, 0.15) is 23.4 Å². The summed E-state index contributed by atoms with van der Waals surface area (Å²) in [6.07, 6.45) is -4.61. The average Bonchev–Trinajstić information content (AvgIpc) is 2.42. The van der Waals surface area contributed by atoms with Gasteiger partial charge in [0, 0.05) is 5.69 Å². The van der Waals surface area contributed by atoms with E-state index < -0.39 is 17.7 Å². The van der Waals surface area contributed by atoms with Gasteiger partial charge < -0.3 is 5.32 Å². The fourth-order valence-corrected chi connectivity index (χ4v) is 1.66. The van der Waals surface area contributed by atoms with E-state index in [0.29, 0.717) is 11.3 Å². The number of halogens is 4. The van der Waals surface area contributed by atoms with Crippen LogP contribution in [0.3, 0.4) is 0 Å². The van der Waals surface area contributed by atoms with E-state index in [0.717, 1.165) is 12.1 Å². The highest BCUT2D eigenvalue weighted by Crippen LogP contribution is 2.30. The van der Waals surface area contributed by atoms with E-state index in [2.05, 4.69) is 10.3 Å². The number of pyridine rings is 1. The van der Waals surface area contributed by atoms with Crippen LogP contribution in [0.15, 0.2) is 30.3 Å². The zero-order chi connectivity index (χ0) is 15.6. The Morgan fingerprint density at radius 3 is 2.48 bits per heavy atom. The Balaban J connectivity index is 2.42. The summed E-state index contributed by atoms with van der Waals surface area (Å²) in [5.41, 5.74) is -0.476. The van der Waals surface area contributed by atoms with Crippen LogP contribution in [0.5, 0.6) is 0 Å². The summed E-state index contributed by atoms with van der Waals surface area (Å²) in [4.78, 5) is 3.41. The number of nitriles is 1. The monoisotopic (exact) mass is 295 g/mol. The summed E-state index contributed by atoms with van der Waals surface area (Å²) in [7, 11) is 0. The zero-order valence-electron chi connectivity index (χ0n) is 10.8. The number of aromatic nitrogens is 1. The Morgan fingerprint density at radius 2 is 1.90 bits per heavy atom. The second-order valence-corrected chi connectivity index (χ2v) is 4.29. The predicted molar refractivity (Wildman–Crippen MR) is 68.4 cm³/mol. The molecule has 1 heterocycles. The van der Waals surface area contributed by atoms with Crippen molar-refractivity contribution in [2.24, 2.45) is 0 Å². The number of nitrogens with one attached hydrogen (secondary N) is 1. The second-order valence-electron chi connectivity index (χ2n) is 4.29. The number of hydrogen-bond donors (Lipinski definition) is 1.